The van der Waals surface area contributed by atoms with Crippen LogP contribution in [0, 0.1) is 0 Å². The first kappa shape index (κ1) is 12.0. The van der Waals surface area contributed by atoms with Crippen LogP contribution in [0.5, 0.6) is 0 Å². The summed E-state index contributed by atoms with van der Waals surface area (Å²) < 4.78 is 0. The van der Waals surface area contributed by atoms with Gasteiger partial charge in [0.1, 0.15) is 0 Å². The van der Waals surface area contributed by atoms with Crippen LogP contribution in [-0.4, -0.2) is 0 Å². The lowest BCUT2D eigenvalue weighted by Gasteiger charge is -2.19. The smallest absolute Gasteiger partial charge is 0.00252 e. The average Bonchev–Trinajstić information content (AvgIpc) is 2.41. The Morgan fingerprint density at radius 3 is 2.00 bits per heavy atom. The molecule has 0 fully saturated rings. The van der Waals surface area contributed by atoms with Gasteiger partial charge in [-0.25, -0.2) is 0 Å². The van der Waals surface area contributed by atoms with Gasteiger partial charge < -0.3 is 0 Å². The van der Waals surface area contributed by atoms with Gasteiger partial charge in [0.05, 0.1) is 0 Å². The summed E-state index contributed by atoms with van der Waals surface area (Å²) in [7, 11) is 0. The number of hydrogen-bond acceptors (Lipinski definition) is 0. The number of rotatable bonds is 4. The number of fused-ring (bicyclic) bond motifs is 1. The van der Waals surface area contributed by atoms with Gasteiger partial charge in [-0.1, -0.05) is 55.6 Å². The molecule has 0 aliphatic heterocycles. The molecule has 0 atom stereocenters. The Hall–Kier alpha value is -2.08. The molecule has 0 spiro atoms. The van der Waals surface area contributed by atoms with Crippen molar-refractivity contribution >= 4 is 12.2 Å². The standard InChI is InChI=1S/C19H18/c1-3-14-9-15(4-2)11-17(10-14)12-16-5-6-18-7-8-19(18)13-16/h3-6,9-11,13H,1-2,7-8,12H2. The number of hydrogen-bond donors (Lipinski definition) is 0. The molecule has 0 amide bonds. The second-order valence-corrected chi connectivity index (χ2v) is 5.20. The van der Waals surface area contributed by atoms with Crippen molar-refractivity contribution in [3.63, 3.8) is 0 Å². The largest absolute Gasteiger partial charge is 0.0985 e. The van der Waals surface area contributed by atoms with Gasteiger partial charge in [0.25, 0.3) is 0 Å². The predicted octanol–water partition coefficient (Wildman–Crippen LogP) is 4.66. The quantitative estimate of drug-likeness (QED) is 0.736. The highest BCUT2D eigenvalue weighted by atomic mass is 14.2. The predicted molar refractivity (Wildman–Crippen MR) is 83.3 cm³/mol. The molecule has 3 rings (SSSR count). The number of aryl methyl sites for hydroxylation is 2. The van der Waals surface area contributed by atoms with Crippen molar-refractivity contribution in [2.24, 2.45) is 0 Å². The zero-order valence-electron chi connectivity index (χ0n) is 11.2. The molecular formula is C19H18. The van der Waals surface area contributed by atoms with Crippen LogP contribution < -0.4 is 0 Å². The summed E-state index contributed by atoms with van der Waals surface area (Å²) in [6.45, 7) is 7.71. The zero-order valence-corrected chi connectivity index (χ0v) is 11.2. The fraction of sp³-hybridized carbons (Fsp3) is 0.158. The van der Waals surface area contributed by atoms with E-state index in [0.717, 1.165) is 17.5 Å². The van der Waals surface area contributed by atoms with E-state index >= 15 is 0 Å². The molecule has 0 N–H and O–H groups in total. The van der Waals surface area contributed by atoms with Crippen LogP contribution in [0.15, 0.2) is 49.6 Å². The maximum absolute atomic E-state index is 3.86. The van der Waals surface area contributed by atoms with Crippen LogP contribution >= 0.6 is 0 Å². The van der Waals surface area contributed by atoms with Gasteiger partial charge in [-0.2, -0.15) is 0 Å². The second kappa shape index (κ2) is 4.89. The van der Waals surface area contributed by atoms with Crippen LogP contribution in [0.3, 0.4) is 0 Å². The molecule has 0 unspecified atom stereocenters. The van der Waals surface area contributed by atoms with E-state index in [2.05, 4.69) is 49.6 Å². The molecule has 0 bridgehead atoms. The Labute approximate surface area is 115 Å². The van der Waals surface area contributed by atoms with E-state index in [1.54, 1.807) is 0 Å². The summed E-state index contributed by atoms with van der Waals surface area (Å²) in [4.78, 5) is 0. The highest BCUT2D eigenvalue weighted by Gasteiger charge is 2.12. The van der Waals surface area contributed by atoms with Crippen molar-refractivity contribution in [3.05, 3.63) is 82.9 Å². The van der Waals surface area contributed by atoms with Gasteiger partial charge in [0, 0.05) is 0 Å². The van der Waals surface area contributed by atoms with Crippen LogP contribution in [0.4, 0.5) is 0 Å². The minimum Gasteiger partial charge on any atom is -0.0985 e. The van der Waals surface area contributed by atoms with Gasteiger partial charge in [0.2, 0.25) is 0 Å². The molecule has 2 aromatic carbocycles. The molecule has 0 nitrogen and oxygen atoms in total. The van der Waals surface area contributed by atoms with E-state index in [1.807, 2.05) is 12.2 Å². The maximum atomic E-state index is 3.86. The minimum absolute atomic E-state index is 0.982. The van der Waals surface area contributed by atoms with Crippen molar-refractivity contribution < 1.29 is 0 Å². The molecule has 0 aromatic heterocycles. The Bertz CT molecular complexity index is 621. The molecule has 0 heteroatoms. The van der Waals surface area contributed by atoms with E-state index < -0.39 is 0 Å². The number of benzene rings is 2. The first-order valence-electron chi connectivity index (χ1n) is 6.78. The third-order valence-corrected chi connectivity index (χ3v) is 3.85. The Morgan fingerprint density at radius 2 is 1.47 bits per heavy atom. The zero-order chi connectivity index (χ0) is 13.2. The molecule has 19 heavy (non-hydrogen) atoms. The summed E-state index contributed by atoms with van der Waals surface area (Å²) in [5.74, 6) is 0. The topological polar surface area (TPSA) is 0 Å². The van der Waals surface area contributed by atoms with Gasteiger partial charge in [-0.05, 0) is 58.7 Å². The van der Waals surface area contributed by atoms with Gasteiger partial charge >= 0.3 is 0 Å². The normalized spacial score (nSPS) is 12.4. The lowest BCUT2D eigenvalue weighted by molar-refractivity contribution is 0.834. The lowest BCUT2D eigenvalue weighted by atomic mass is 9.86. The Kier molecular flexibility index (Phi) is 3.08. The van der Waals surface area contributed by atoms with Crippen molar-refractivity contribution in [3.8, 4) is 0 Å². The molecule has 0 saturated carbocycles. The van der Waals surface area contributed by atoms with Crippen molar-refractivity contribution in [1.82, 2.24) is 0 Å². The van der Waals surface area contributed by atoms with E-state index in [9.17, 15) is 0 Å². The van der Waals surface area contributed by atoms with E-state index in [1.165, 1.54) is 35.1 Å². The molecule has 1 aliphatic carbocycles. The van der Waals surface area contributed by atoms with Crippen LogP contribution in [0.1, 0.15) is 33.4 Å². The molecule has 94 valence electrons. The van der Waals surface area contributed by atoms with Crippen molar-refractivity contribution in [2.45, 2.75) is 19.3 Å². The van der Waals surface area contributed by atoms with E-state index in [0.29, 0.717) is 0 Å². The molecule has 1 aliphatic rings. The lowest BCUT2D eigenvalue weighted by Crippen LogP contribution is -2.08. The third-order valence-electron chi connectivity index (χ3n) is 3.85. The van der Waals surface area contributed by atoms with Crippen LogP contribution in [0.2, 0.25) is 0 Å². The van der Waals surface area contributed by atoms with Gasteiger partial charge in [-0.15, -0.1) is 0 Å². The van der Waals surface area contributed by atoms with Crippen LogP contribution in [-0.2, 0) is 19.3 Å². The molecular weight excluding hydrogens is 228 g/mol. The van der Waals surface area contributed by atoms with Crippen molar-refractivity contribution in [2.75, 3.05) is 0 Å². The Morgan fingerprint density at radius 1 is 0.789 bits per heavy atom. The third kappa shape index (κ3) is 2.39. The van der Waals surface area contributed by atoms with Gasteiger partial charge in [-0.3, -0.25) is 0 Å². The summed E-state index contributed by atoms with van der Waals surface area (Å²) in [5.41, 5.74) is 8.10. The molecule has 0 radical (unpaired) electrons. The van der Waals surface area contributed by atoms with E-state index in [4.69, 9.17) is 0 Å². The SMILES string of the molecule is C=Cc1cc(C=C)cc(Cc2ccc3c(c2)CC3)c1. The Balaban J connectivity index is 1.91. The minimum atomic E-state index is 0.982. The highest BCUT2D eigenvalue weighted by molar-refractivity contribution is 5.58. The van der Waals surface area contributed by atoms with E-state index in [-0.39, 0.29) is 0 Å². The highest BCUT2D eigenvalue weighted by Crippen LogP contribution is 2.25. The summed E-state index contributed by atoms with van der Waals surface area (Å²) >= 11 is 0. The maximum Gasteiger partial charge on any atom is -0.00252 e. The first-order chi connectivity index (χ1) is 9.28. The average molecular weight is 246 g/mol. The van der Waals surface area contributed by atoms with Crippen LogP contribution in [0.25, 0.3) is 12.2 Å². The van der Waals surface area contributed by atoms with Gasteiger partial charge in [0.15, 0.2) is 0 Å². The summed E-state index contributed by atoms with van der Waals surface area (Å²) in [6, 6.07) is 13.4. The summed E-state index contributed by atoms with van der Waals surface area (Å²) in [6.07, 6.45) is 7.27. The molecule has 0 heterocycles. The fourth-order valence-corrected chi connectivity index (χ4v) is 2.68. The first-order valence-corrected chi connectivity index (χ1v) is 6.78. The van der Waals surface area contributed by atoms with Crippen molar-refractivity contribution in [1.29, 1.82) is 0 Å². The molecule has 0 saturated heterocycles. The monoisotopic (exact) mass is 246 g/mol. The second-order valence-electron chi connectivity index (χ2n) is 5.20. The molecule has 2 aromatic rings. The summed E-state index contributed by atoms with van der Waals surface area (Å²) in [5, 5.41) is 0. The fourth-order valence-electron chi connectivity index (χ4n) is 2.68.